The second-order valence-corrected chi connectivity index (χ2v) is 6.60. The number of benzene rings is 2. The lowest BCUT2D eigenvalue weighted by atomic mass is 10.1. The highest BCUT2D eigenvalue weighted by Crippen LogP contribution is 2.29. The van der Waals surface area contributed by atoms with E-state index in [-0.39, 0.29) is 5.91 Å². The number of carbonyl (C=O) groups is 1. The summed E-state index contributed by atoms with van der Waals surface area (Å²) >= 11 is 1.61. The van der Waals surface area contributed by atoms with Gasteiger partial charge in [0.2, 0.25) is 5.91 Å². The van der Waals surface area contributed by atoms with Gasteiger partial charge in [-0.15, -0.1) is 0 Å². The van der Waals surface area contributed by atoms with Crippen LogP contribution in [0.4, 0.5) is 11.4 Å². The second kappa shape index (κ2) is 6.44. The number of rotatable bonds is 3. The normalized spacial score (nSPS) is 14.0. The van der Waals surface area contributed by atoms with E-state index in [2.05, 4.69) is 48.2 Å². The lowest BCUT2D eigenvalue weighted by Gasteiger charge is -2.11. The molecule has 1 amide bonds. The summed E-state index contributed by atoms with van der Waals surface area (Å²) in [6.07, 6.45) is 2.47. The van der Waals surface area contributed by atoms with Crippen LogP contribution in [-0.4, -0.2) is 5.91 Å². The van der Waals surface area contributed by atoms with Crippen LogP contribution in [0.3, 0.4) is 0 Å². The summed E-state index contributed by atoms with van der Waals surface area (Å²) < 4.78 is 3.39. The molecule has 3 rings (SSSR count). The van der Waals surface area contributed by atoms with Crippen LogP contribution in [0.5, 0.6) is 0 Å². The molecule has 0 fully saturated rings. The summed E-state index contributed by atoms with van der Waals surface area (Å²) in [5.41, 5.74) is 5.87. The van der Waals surface area contributed by atoms with Gasteiger partial charge in [-0.1, -0.05) is 6.07 Å². The van der Waals surface area contributed by atoms with E-state index in [9.17, 15) is 4.79 Å². The molecule has 0 saturated heterocycles. The van der Waals surface area contributed by atoms with E-state index >= 15 is 0 Å². The van der Waals surface area contributed by atoms with Crippen LogP contribution >= 0.6 is 11.9 Å². The smallest absolute Gasteiger partial charge is 0.224 e. The maximum Gasteiger partial charge on any atom is 0.224 e. The second-order valence-electron chi connectivity index (χ2n) is 5.72. The predicted molar refractivity (Wildman–Crippen MR) is 93.4 cm³/mol. The summed E-state index contributed by atoms with van der Waals surface area (Å²) in [7, 11) is 0. The maximum absolute atomic E-state index is 11.6. The molecule has 0 bridgehead atoms. The Labute approximate surface area is 135 Å². The molecule has 1 heterocycles. The fraction of sp³-hybridized carbons (Fsp3) is 0.278. The lowest BCUT2D eigenvalue weighted by molar-refractivity contribution is -0.116. The Morgan fingerprint density at radius 3 is 2.73 bits per heavy atom. The molecular formula is C18H20N2OS. The number of hydrogen-bond acceptors (Lipinski definition) is 3. The van der Waals surface area contributed by atoms with E-state index in [0.29, 0.717) is 6.42 Å². The van der Waals surface area contributed by atoms with Crippen LogP contribution in [0, 0.1) is 13.8 Å². The molecular weight excluding hydrogens is 292 g/mol. The predicted octanol–water partition coefficient (Wildman–Crippen LogP) is 4.70. The van der Waals surface area contributed by atoms with Gasteiger partial charge < -0.3 is 10.0 Å². The molecule has 2 N–H and O–H groups in total. The van der Waals surface area contributed by atoms with Crippen LogP contribution in [0.25, 0.3) is 0 Å². The van der Waals surface area contributed by atoms with Crippen LogP contribution in [0.2, 0.25) is 0 Å². The van der Waals surface area contributed by atoms with Crippen molar-refractivity contribution in [2.45, 2.75) is 38.0 Å². The van der Waals surface area contributed by atoms with E-state index in [1.807, 2.05) is 12.1 Å². The Kier molecular flexibility index (Phi) is 4.39. The molecule has 0 atom stereocenters. The van der Waals surface area contributed by atoms with Gasteiger partial charge in [-0.25, -0.2) is 0 Å². The van der Waals surface area contributed by atoms with Gasteiger partial charge in [0.1, 0.15) is 0 Å². The summed E-state index contributed by atoms with van der Waals surface area (Å²) in [4.78, 5) is 12.7. The molecule has 0 saturated carbocycles. The van der Waals surface area contributed by atoms with Gasteiger partial charge in [0.05, 0.1) is 0 Å². The molecule has 3 nitrogen and oxygen atoms in total. The first-order valence-electron chi connectivity index (χ1n) is 7.55. The minimum absolute atomic E-state index is 0.118. The Hall–Kier alpha value is -1.94. The summed E-state index contributed by atoms with van der Waals surface area (Å²) in [5.74, 6) is 0.118. The van der Waals surface area contributed by atoms with Crippen molar-refractivity contribution in [1.82, 2.24) is 0 Å². The number of aryl methyl sites for hydroxylation is 3. The molecule has 22 heavy (non-hydrogen) atoms. The van der Waals surface area contributed by atoms with Crippen molar-refractivity contribution >= 4 is 29.2 Å². The Bertz CT molecular complexity index is 712. The van der Waals surface area contributed by atoms with Gasteiger partial charge in [0.15, 0.2) is 0 Å². The van der Waals surface area contributed by atoms with Crippen molar-refractivity contribution in [3.05, 3.63) is 53.1 Å². The Balaban J connectivity index is 1.72. The van der Waals surface area contributed by atoms with Gasteiger partial charge in [-0.2, -0.15) is 0 Å². The Morgan fingerprint density at radius 2 is 1.91 bits per heavy atom. The number of anilines is 2. The molecule has 2 aromatic carbocycles. The zero-order chi connectivity index (χ0) is 15.5. The minimum atomic E-state index is 0.118. The molecule has 2 aromatic rings. The van der Waals surface area contributed by atoms with Gasteiger partial charge in [-0.3, -0.25) is 4.79 Å². The molecule has 1 aliphatic rings. The third kappa shape index (κ3) is 3.45. The number of nitrogens with one attached hydrogen (secondary N) is 2. The van der Waals surface area contributed by atoms with Crippen LogP contribution in [0.15, 0.2) is 41.3 Å². The molecule has 1 aliphatic heterocycles. The molecule has 0 radical (unpaired) electrons. The highest BCUT2D eigenvalue weighted by Gasteiger charge is 2.13. The van der Waals surface area contributed by atoms with Crippen LogP contribution < -0.4 is 10.0 Å². The number of carbonyl (C=O) groups excluding carboxylic acids is 1. The molecule has 4 heteroatoms. The third-order valence-electron chi connectivity index (χ3n) is 3.99. The topological polar surface area (TPSA) is 41.1 Å². The number of fused-ring (bicyclic) bond motifs is 1. The first-order valence-corrected chi connectivity index (χ1v) is 8.36. The molecule has 0 unspecified atom stereocenters. The standard InChI is InChI=1S/C18H20N2OS/c1-12-6-7-15(10-13(12)2)20-22-16-8-9-17-14(11-16)4-3-5-18(21)19-17/h6-11,20H,3-5H2,1-2H3,(H,19,21). The van der Waals surface area contributed by atoms with Crippen molar-refractivity contribution in [1.29, 1.82) is 0 Å². The monoisotopic (exact) mass is 312 g/mol. The third-order valence-corrected chi connectivity index (χ3v) is 4.82. The minimum Gasteiger partial charge on any atom is -0.326 e. The van der Waals surface area contributed by atoms with E-state index in [1.165, 1.54) is 16.7 Å². The quantitative estimate of drug-likeness (QED) is 0.807. The maximum atomic E-state index is 11.6. The average Bonchev–Trinajstić information content (AvgIpc) is 2.68. The van der Waals surface area contributed by atoms with Crippen LogP contribution in [-0.2, 0) is 11.2 Å². The largest absolute Gasteiger partial charge is 0.326 e. The summed E-state index contributed by atoms with van der Waals surface area (Å²) in [6.45, 7) is 4.24. The summed E-state index contributed by atoms with van der Waals surface area (Å²) in [5, 5.41) is 2.97. The van der Waals surface area contributed by atoms with Crippen molar-refractivity contribution in [3.63, 3.8) is 0 Å². The number of hydrogen-bond donors (Lipinski definition) is 2. The van der Waals surface area contributed by atoms with Crippen molar-refractivity contribution in [3.8, 4) is 0 Å². The lowest BCUT2D eigenvalue weighted by Crippen LogP contribution is -2.09. The average molecular weight is 312 g/mol. The summed E-state index contributed by atoms with van der Waals surface area (Å²) in [6, 6.07) is 12.6. The SMILES string of the molecule is Cc1ccc(NSc2ccc3c(c2)CCCC(=O)N3)cc1C. The van der Waals surface area contributed by atoms with E-state index in [4.69, 9.17) is 0 Å². The molecule has 0 aliphatic carbocycles. The first kappa shape index (κ1) is 15.0. The zero-order valence-electron chi connectivity index (χ0n) is 12.9. The Morgan fingerprint density at radius 1 is 1.05 bits per heavy atom. The van der Waals surface area contributed by atoms with Crippen molar-refractivity contribution in [2.75, 3.05) is 10.0 Å². The fourth-order valence-corrected chi connectivity index (χ4v) is 3.24. The molecule has 0 aromatic heterocycles. The van der Waals surface area contributed by atoms with Gasteiger partial charge in [-0.05, 0) is 85.7 Å². The zero-order valence-corrected chi connectivity index (χ0v) is 13.7. The van der Waals surface area contributed by atoms with Crippen LogP contribution in [0.1, 0.15) is 29.5 Å². The van der Waals surface area contributed by atoms with Gasteiger partial charge >= 0.3 is 0 Å². The van der Waals surface area contributed by atoms with Gasteiger partial charge in [0.25, 0.3) is 0 Å². The van der Waals surface area contributed by atoms with E-state index < -0.39 is 0 Å². The molecule has 0 spiro atoms. The van der Waals surface area contributed by atoms with Crippen molar-refractivity contribution in [2.24, 2.45) is 0 Å². The van der Waals surface area contributed by atoms with Gasteiger partial charge in [0, 0.05) is 22.7 Å². The fourth-order valence-electron chi connectivity index (χ4n) is 2.54. The van der Waals surface area contributed by atoms with E-state index in [0.717, 1.165) is 29.1 Å². The van der Waals surface area contributed by atoms with Crippen molar-refractivity contribution < 1.29 is 4.79 Å². The highest BCUT2D eigenvalue weighted by molar-refractivity contribution is 8.00. The number of amides is 1. The first-order chi connectivity index (χ1) is 10.6. The highest BCUT2D eigenvalue weighted by atomic mass is 32.2. The van der Waals surface area contributed by atoms with E-state index in [1.54, 1.807) is 11.9 Å². The molecule has 114 valence electrons.